The zero-order valence-electron chi connectivity index (χ0n) is 10.9. The minimum Gasteiger partial charge on any atom is -0.298 e. The SMILES string of the molecule is CC(C)N(C)Cc1ccc(/C=C/C(=O)NO)cn1. The highest BCUT2D eigenvalue weighted by Gasteiger charge is 2.04. The molecule has 0 radical (unpaired) electrons. The molecule has 0 bridgehead atoms. The van der Waals surface area contributed by atoms with Crippen molar-refractivity contribution in [2.75, 3.05) is 7.05 Å². The van der Waals surface area contributed by atoms with Crippen LogP contribution < -0.4 is 5.48 Å². The van der Waals surface area contributed by atoms with Crippen molar-refractivity contribution in [1.82, 2.24) is 15.4 Å². The highest BCUT2D eigenvalue weighted by atomic mass is 16.5. The molecule has 18 heavy (non-hydrogen) atoms. The molecule has 0 unspecified atom stereocenters. The van der Waals surface area contributed by atoms with Gasteiger partial charge in [0.15, 0.2) is 0 Å². The number of rotatable bonds is 5. The molecule has 1 aromatic heterocycles. The van der Waals surface area contributed by atoms with Gasteiger partial charge in [0, 0.05) is 24.9 Å². The van der Waals surface area contributed by atoms with Crippen LogP contribution in [0, 0.1) is 0 Å². The summed E-state index contributed by atoms with van der Waals surface area (Å²) in [4.78, 5) is 17.3. The molecule has 0 aliphatic heterocycles. The summed E-state index contributed by atoms with van der Waals surface area (Å²) in [6.07, 6.45) is 4.54. The van der Waals surface area contributed by atoms with Gasteiger partial charge >= 0.3 is 0 Å². The number of pyridine rings is 1. The van der Waals surface area contributed by atoms with E-state index in [0.717, 1.165) is 17.8 Å². The van der Waals surface area contributed by atoms with Gasteiger partial charge in [-0.3, -0.25) is 19.9 Å². The molecule has 0 saturated heterocycles. The Morgan fingerprint density at radius 2 is 2.28 bits per heavy atom. The van der Waals surface area contributed by atoms with Crippen LogP contribution in [-0.4, -0.2) is 34.1 Å². The topological polar surface area (TPSA) is 65.5 Å². The minimum atomic E-state index is -0.557. The van der Waals surface area contributed by atoms with Crippen molar-refractivity contribution in [1.29, 1.82) is 0 Å². The molecule has 98 valence electrons. The molecule has 0 fully saturated rings. The highest BCUT2D eigenvalue weighted by Crippen LogP contribution is 2.06. The maximum absolute atomic E-state index is 10.8. The van der Waals surface area contributed by atoms with Gasteiger partial charge in [-0.05, 0) is 38.6 Å². The van der Waals surface area contributed by atoms with Crippen LogP contribution in [0.15, 0.2) is 24.4 Å². The molecule has 0 saturated carbocycles. The van der Waals surface area contributed by atoms with Crippen LogP contribution in [0.4, 0.5) is 0 Å². The Balaban J connectivity index is 2.63. The largest absolute Gasteiger partial charge is 0.298 e. The number of amides is 1. The van der Waals surface area contributed by atoms with Crippen LogP contribution in [0.25, 0.3) is 6.08 Å². The van der Waals surface area contributed by atoms with E-state index in [0.29, 0.717) is 6.04 Å². The van der Waals surface area contributed by atoms with Gasteiger partial charge in [-0.15, -0.1) is 0 Å². The number of aromatic nitrogens is 1. The second-order valence-electron chi connectivity index (χ2n) is 4.40. The van der Waals surface area contributed by atoms with E-state index in [2.05, 4.69) is 23.7 Å². The van der Waals surface area contributed by atoms with E-state index >= 15 is 0 Å². The van der Waals surface area contributed by atoms with Gasteiger partial charge in [0.1, 0.15) is 0 Å². The molecule has 0 atom stereocenters. The van der Waals surface area contributed by atoms with Crippen LogP contribution in [0.1, 0.15) is 25.1 Å². The monoisotopic (exact) mass is 249 g/mol. The molecule has 5 nitrogen and oxygen atoms in total. The Hall–Kier alpha value is -1.72. The molecule has 0 spiro atoms. The molecule has 1 amide bonds. The smallest absolute Gasteiger partial charge is 0.267 e. The normalized spacial score (nSPS) is 11.4. The van der Waals surface area contributed by atoms with E-state index in [4.69, 9.17) is 5.21 Å². The first-order chi connectivity index (χ1) is 8.52. The van der Waals surface area contributed by atoms with Gasteiger partial charge in [-0.2, -0.15) is 0 Å². The average Bonchev–Trinajstić information content (AvgIpc) is 2.37. The maximum atomic E-state index is 10.8. The lowest BCUT2D eigenvalue weighted by Crippen LogP contribution is -2.25. The van der Waals surface area contributed by atoms with Crippen molar-refractivity contribution >= 4 is 12.0 Å². The quantitative estimate of drug-likeness (QED) is 0.471. The first kappa shape index (κ1) is 14.3. The zero-order valence-corrected chi connectivity index (χ0v) is 10.9. The van der Waals surface area contributed by atoms with Gasteiger partial charge in [0.05, 0.1) is 5.69 Å². The third kappa shape index (κ3) is 4.65. The summed E-state index contributed by atoms with van der Waals surface area (Å²) in [6.45, 7) is 5.05. The van der Waals surface area contributed by atoms with Crippen LogP contribution in [0.2, 0.25) is 0 Å². The van der Waals surface area contributed by atoms with Crippen LogP contribution in [-0.2, 0) is 11.3 Å². The average molecular weight is 249 g/mol. The van der Waals surface area contributed by atoms with Crippen molar-refractivity contribution in [2.24, 2.45) is 0 Å². The second kappa shape index (κ2) is 6.88. The first-order valence-corrected chi connectivity index (χ1v) is 5.80. The zero-order chi connectivity index (χ0) is 13.5. The third-order valence-corrected chi connectivity index (χ3v) is 2.68. The van der Waals surface area contributed by atoms with Crippen molar-refractivity contribution in [3.63, 3.8) is 0 Å². The molecule has 1 rings (SSSR count). The van der Waals surface area contributed by atoms with E-state index in [1.807, 2.05) is 19.2 Å². The number of nitrogens with one attached hydrogen (secondary N) is 1. The van der Waals surface area contributed by atoms with Crippen molar-refractivity contribution < 1.29 is 10.0 Å². The standard InChI is InChI=1S/C13H19N3O2/c1-10(2)16(3)9-12-6-4-11(8-14-12)5-7-13(17)15-18/h4-8,10,18H,9H2,1-3H3,(H,15,17)/b7-5+. The maximum Gasteiger partial charge on any atom is 0.267 e. The number of carbonyl (C=O) groups excluding carboxylic acids is 1. The summed E-state index contributed by atoms with van der Waals surface area (Å²) >= 11 is 0. The molecule has 0 aromatic carbocycles. The molecular formula is C13H19N3O2. The fourth-order valence-electron chi connectivity index (χ4n) is 1.28. The Morgan fingerprint density at radius 1 is 1.56 bits per heavy atom. The van der Waals surface area contributed by atoms with Crippen molar-refractivity contribution in [3.8, 4) is 0 Å². The van der Waals surface area contributed by atoms with Crippen LogP contribution in [0.5, 0.6) is 0 Å². The van der Waals surface area contributed by atoms with Gasteiger partial charge in [-0.1, -0.05) is 6.07 Å². The minimum absolute atomic E-state index is 0.472. The van der Waals surface area contributed by atoms with Gasteiger partial charge < -0.3 is 0 Å². The second-order valence-corrected chi connectivity index (χ2v) is 4.40. The fraction of sp³-hybridized carbons (Fsp3) is 0.385. The molecule has 5 heteroatoms. The molecule has 1 heterocycles. The molecular weight excluding hydrogens is 230 g/mol. The molecule has 1 aromatic rings. The Labute approximate surface area is 107 Å². The van der Waals surface area contributed by atoms with E-state index in [9.17, 15) is 4.79 Å². The van der Waals surface area contributed by atoms with Crippen molar-refractivity contribution in [2.45, 2.75) is 26.4 Å². The Bertz CT molecular complexity index is 413. The number of hydrogen-bond donors (Lipinski definition) is 2. The van der Waals surface area contributed by atoms with Gasteiger partial charge in [-0.25, -0.2) is 5.48 Å². The number of nitrogens with zero attached hydrogens (tertiary/aromatic N) is 2. The van der Waals surface area contributed by atoms with Gasteiger partial charge in [0.2, 0.25) is 0 Å². The van der Waals surface area contributed by atoms with Gasteiger partial charge in [0.25, 0.3) is 5.91 Å². The first-order valence-electron chi connectivity index (χ1n) is 5.80. The van der Waals surface area contributed by atoms with Crippen molar-refractivity contribution in [3.05, 3.63) is 35.7 Å². The van der Waals surface area contributed by atoms with E-state index in [-0.39, 0.29) is 0 Å². The van der Waals surface area contributed by atoms with Crippen LogP contribution >= 0.6 is 0 Å². The molecule has 0 aliphatic rings. The number of hydroxylamine groups is 1. The summed E-state index contributed by atoms with van der Waals surface area (Å²) in [5.41, 5.74) is 3.33. The summed E-state index contributed by atoms with van der Waals surface area (Å²) < 4.78 is 0. The van der Waals surface area contributed by atoms with Crippen LogP contribution in [0.3, 0.4) is 0 Å². The number of carbonyl (C=O) groups is 1. The lowest BCUT2D eigenvalue weighted by atomic mass is 10.2. The third-order valence-electron chi connectivity index (χ3n) is 2.68. The Kier molecular flexibility index (Phi) is 5.48. The summed E-state index contributed by atoms with van der Waals surface area (Å²) in [6, 6.07) is 4.28. The Morgan fingerprint density at radius 3 is 2.78 bits per heavy atom. The highest BCUT2D eigenvalue weighted by molar-refractivity contribution is 5.90. The number of hydrogen-bond acceptors (Lipinski definition) is 4. The van der Waals surface area contributed by atoms with E-state index < -0.39 is 5.91 Å². The van der Waals surface area contributed by atoms with E-state index in [1.165, 1.54) is 11.6 Å². The molecule has 2 N–H and O–H groups in total. The predicted molar refractivity (Wildman–Crippen MR) is 69.8 cm³/mol. The summed E-state index contributed by atoms with van der Waals surface area (Å²) in [5, 5.41) is 8.34. The molecule has 0 aliphatic carbocycles. The lowest BCUT2D eigenvalue weighted by molar-refractivity contribution is -0.124. The lowest BCUT2D eigenvalue weighted by Gasteiger charge is -2.20. The summed E-state index contributed by atoms with van der Waals surface area (Å²) in [5.74, 6) is -0.557. The van der Waals surface area contributed by atoms with E-state index in [1.54, 1.807) is 12.3 Å². The predicted octanol–water partition coefficient (Wildman–Crippen LogP) is 1.44. The summed E-state index contributed by atoms with van der Waals surface area (Å²) in [7, 11) is 2.05. The fourth-order valence-corrected chi connectivity index (χ4v) is 1.28.